The molecule has 0 bridgehead atoms. The van der Waals surface area contributed by atoms with Crippen molar-refractivity contribution in [3.63, 3.8) is 0 Å². The number of halogens is 2. The van der Waals surface area contributed by atoms with Gasteiger partial charge in [-0.2, -0.15) is 0 Å². The second kappa shape index (κ2) is 7.17. The highest BCUT2D eigenvalue weighted by molar-refractivity contribution is 7.18. The van der Waals surface area contributed by atoms with Gasteiger partial charge in [-0.15, -0.1) is 22.6 Å². The summed E-state index contributed by atoms with van der Waals surface area (Å²) in [6.45, 7) is 1.61. The second-order valence-corrected chi connectivity index (χ2v) is 5.96. The Hall–Kier alpha value is -1.21. The third-order valence-electron chi connectivity index (χ3n) is 3.19. The Labute approximate surface area is 137 Å². The molecule has 0 aliphatic carbocycles. The lowest BCUT2D eigenvalue weighted by Gasteiger charge is -2.06. The van der Waals surface area contributed by atoms with Crippen molar-refractivity contribution in [1.82, 2.24) is 15.5 Å². The summed E-state index contributed by atoms with van der Waals surface area (Å²) in [6, 6.07) is 7.45. The van der Waals surface area contributed by atoms with Crippen molar-refractivity contribution in [3.8, 4) is 10.6 Å². The third-order valence-corrected chi connectivity index (χ3v) is 4.39. The standard InChI is InChI=1S/C13H13ClN4OS.ClH/c14-10-4-2-1-3-9(10)12-17-18-13(20-12)16-11(19)8-5-6-15-7-8;/h1-4,8,15H,5-7H2,(H,16,18,19);1H. The fourth-order valence-electron chi connectivity index (χ4n) is 2.10. The number of aromatic nitrogens is 2. The van der Waals surface area contributed by atoms with Crippen LogP contribution in [0.1, 0.15) is 6.42 Å². The molecule has 1 fully saturated rings. The summed E-state index contributed by atoms with van der Waals surface area (Å²) in [5.74, 6) is 0.0134. The summed E-state index contributed by atoms with van der Waals surface area (Å²) in [6.07, 6.45) is 0.863. The van der Waals surface area contributed by atoms with E-state index >= 15 is 0 Å². The SMILES string of the molecule is Cl.O=C(Nc1nnc(-c2ccccc2Cl)s1)C1CCNC1. The molecule has 21 heavy (non-hydrogen) atoms. The monoisotopic (exact) mass is 344 g/mol. The van der Waals surface area contributed by atoms with Crippen molar-refractivity contribution in [1.29, 1.82) is 0 Å². The molecule has 1 unspecified atom stereocenters. The van der Waals surface area contributed by atoms with Gasteiger partial charge in [0.25, 0.3) is 0 Å². The van der Waals surface area contributed by atoms with Crippen LogP contribution in [0.3, 0.4) is 0 Å². The maximum Gasteiger partial charge on any atom is 0.230 e. The van der Waals surface area contributed by atoms with Crippen LogP contribution in [0.5, 0.6) is 0 Å². The second-order valence-electron chi connectivity index (χ2n) is 4.57. The number of anilines is 1. The first-order valence-electron chi connectivity index (χ1n) is 6.34. The average Bonchev–Trinajstić information content (AvgIpc) is 3.10. The molecule has 1 aliphatic rings. The predicted molar refractivity (Wildman–Crippen MR) is 87.2 cm³/mol. The molecule has 1 atom stereocenters. The predicted octanol–water partition coefficient (Wildman–Crippen LogP) is 2.83. The topological polar surface area (TPSA) is 66.9 Å². The number of benzene rings is 1. The first-order valence-corrected chi connectivity index (χ1v) is 7.53. The number of hydrogen-bond acceptors (Lipinski definition) is 5. The van der Waals surface area contributed by atoms with Crippen LogP contribution in [0.25, 0.3) is 10.6 Å². The minimum atomic E-state index is -0.00291. The average molecular weight is 345 g/mol. The van der Waals surface area contributed by atoms with E-state index in [9.17, 15) is 4.79 Å². The van der Waals surface area contributed by atoms with Crippen LogP contribution in [0.15, 0.2) is 24.3 Å². The van der Waals surface area contributed by atoms with Gasteiger partial charge in [0.2, 0.25) is 11.0 Å². The fraction of sp³-hybridized carbons (Fsp3) is 0.308. The van der Waals surface area contributed by atoms with E-state index in [1.807, 2.05) is 18.2 Å². The van der Waals surface area contributed by atoms with Gasteiger partial charge in [-0.05, 0) is 19.0 Å². The van der Waals surface area contributed by atoms with Gasteiger partial charge >= 0.3 is 0 Å². The Morgan fingerprint density at radius 3 is 2.90 bits per heavy atom. The molecule has 0 spiro atoms. The zero-order chi connectivity index (χ0) is 13.9. The highest BCUT2D eigenvalue weighted by atomic mass is 35.5. The van der Waals surface area contributed by atoms with Crippen molar-refractivity contribution < 1.29 is 4.79 Å². The maximum absolute atomic E-state index is 12.0. The largest absolute Gasteiger partial charge is 0.316 e. The van der Waals surface area contributed by atoms with Crippen molar-refractivity contribution in [2.24, 2.45) is 5.92 Å². The summed E-state index contributed by atoms with van der Waals surface area (Å²) in [5.41, 5.74) is 0.828. The number of carbonyl (C=O) groups is 1. The Balaban J connectivity index is 0.00000161. The normalized spacial score (nSPS) is 17.3. The Kier molecular flexibility index (Phi) is 5.52. The van der Waals surface area contributed by atoms with Gasteiger partial charge in [0, 0.05) is 12.1 Å². The third kappa shape index (κ3) is 3.71. The molecule has 0 saturated carbocycles. The lowest BCUT2D eigenvalue weighted by molar-refractivity contribution is -0.119. The van der Waals surface area contributed by atoms with Gasteiger partial charge in [-0.1, -0.05) is 41.1 Å². The Morgan fingerprint density at radius 1 is 1.38 bits per heavy atom. The van der Waals surface area contributed by atoms with Crippen LogP contribution in [-0.2, 0) is 4.79 Å². The zero-order valence-electron chi connectivity index (χ0n) is 11.0. The summed E-state index contributed by atoms with van der Waals surface area (Å²) >= 11 is 7.45. The summed E-state index contributed by atoms with van der Waals surface area (Å²) in [4.78, 5) is 12.0. The minimum absolute atomic E-state index is 0. The van der Waals surface area contributed by atoms with E-state index in [0.717, 1.165) is 25.1 Å². The number of carbonyl (C=O) groups excluding carboxylic acids is 1. The van der Waals surface area contributed by atoms with Crippen LogP contribution in [0.4, 0.5) is 5.13 Å². The zero-order valence-corrected chi connectivity index (χ0v) is 13.4. The van der Waals surface area contributed by atoms with E-state index in [2.05, 4.69) is 20.8 Å². The number of nitrogens with one attached hydrogen (secondary N) is 2. The van der Waals surface area contributed by atoms with Gasteiger partial charge in [-0.3, -0.25) is 4.79 Å². The molecular formula is C13H14Cl2N4OS. The molecular weight excluding hydrogens is 331 g/mol. The molecule has 1 saturated heterocycles. The molecule has 3 rings (SSSR count). The molecule has 2 aromatic rings. The number of amides is 1. The van der Waals surface area contributed by atoms with Crippen molar-refractivity contribution in [2.75, 3.05) is 18.4 Å². The molecule has 1 aromatic carbocycles. The van der Waals surface area contributed by atoms with E-state index in [4.69, 9.17) is 11.6 Å². The Morgan fingerprint density at radius 2 is 2.19 bits per heavy atom. The highest BCUT2D eigenvalue weighted by Crippen LogP contribution is 2.31. The number of hydrogen-bond donors (Lipinski definition) is 2. The van der Waals surface area contributed by atoms with Gasteiger partial charge in [0.15, 0.2) is 5.01 Å². The van der Waals surface area contributed by atoms with Crippen molar-refractivity contribution in [3.05, 3.63) is 29.3 Å². The lowest BCUT2D eigenvalue weighted by atomic mass is 10.1. The number of rotatable bonds is 3. The molecule has 1 amide bonds. The molecule has 1 aromatic heterocycles. The summed E-state index contributed by atoms with van der Waals surface area (Å²) in [7, 11) is 0. The smallest absolute Gasteiger partial charge is 0.230 e. The molecule has 1 aliphatic heterocycles. The van der Waals surface area contributed by atoms with Crippen LogP contribution in [0, 0.1) is 5.92 Å². The van der Waals surface area contributed by atoms with E-state index < -0.39 is 0 Å². The highest BCUT2D eigenvalue weighted by Gasteiger charge is 2.23. The molecule has 5 nitrogen and oxygen atoms in total. The fourth-order valence-corrected chi connectivity index (χ4v) is 3.17. The van der Waals surface area contributed by atoms with E-state index in [0.29, 0.717) is 15.2 Å². The van der Waals surface area contributed by atoms with E-state index in [1.165, 1.54) is 11.3 Å². The van der Waals surface area contributed by atoms with Crippen LogP contribution >= 0.6 is 35.3 Å². The van der Waals surface area contributed by atoms with Crippen LogP contribution < -0.4 is 10.6 Å². The first kappa shape index (κ1) is 16.2. The van der Waals surface area contributed by atoms with Crippen molar-refractivity contribution >= 4 is 46.4 Å². The molecule has 2 heterocycles. The number of nitrogens with zero attached hydrogens (tertiary/aromatic N) is 2. The molecule has 112 valence electrons. The summed E-state index contributed by atoms with van der Waals surface area (Å²) < 4.78 is 0. The van der Waals surface area contributed by atoms with Crippen LogP contribution in [-0.4, -0.2) is 29.2 Å². The molecule has 8 heteroatoms. The van der Waals surface area contributed by atoms with Crippen LogP contribution in [0.2, 0.25) is 5.02 Å². The molecule has 0 radical (unpaired) electrons. The summed E-state index contributed by atoms with van der Waals surface area (Å²) in [5, 5.41) is 15.9. The van der Waals surface area contributed by atoms with E-state index in [-0.39, 0.29) is 24.2 Å². The van der Waals surface area contributed by atoms with Gasteiger partial charge in [0.05, 0.1) is 10.9 Å². The lowest BCUT2D eigenvalue weighted by Crippen LogP contribution is -2.24. The first-order chi connectivity index (χ1) is 9.74. The quantitative estimate of drug-likeness (QED) is 0.898. The van der Waals surface area contributed by atoms with Gasteiger partial charge in [0.1, 0.15) is 0 Å². The van der Waals surface area contributed by atoms with Gasteiger partial charge < -0.3 is 10.6 Å². The van der Waals surface area contributed by atoms with Crippen molar-refractivity contribution in [2.45, 2.75) is 6.42 Å². The molecule has 2 N–H and O–H groups in total. The maximum atomic E-state index is 12.0. The van der Waals surface area contributed by atoms with Gasteiger partial charge in [-0.25, -0.2) is 0 Å². The van der Waals surface area contributed by atoms with E-state index in [1.54, 1.807) is 6.07 Å². The Bertz CT molecular complexity index is 628. The minimum Gasteiger partial charge on any atom is -0.316 e.